The van der Waals surface area contributed by atoms with Gasteiger partial charge >= 0.3 is 18.0 Å². The number of nitrogens with one attached hydrogen (secondary N) is 1. The molecule has 0 fully saturated rings. The van der Waals surface area contributed by atoms with E-state index in [1.807, 2.05) is 0 Å². The number of hydrogen-bond donors (Lipinski definition) is 1. The highest BCUT2D eigenvalue weighted by molar-refractivity contribution is 6.08. The van der Waals surface area contributed by atoms with Crippen molar-refractivity contribution in [3.05, 3.63) is 100.0 Å². The number of hydrogen-bond acceptors (Lipinski definition) is 12. The molecule has 1 aromatic heterocycles. The van der Waals surface area contributed by atoms with Gasteiger partial charge in [0.2, 0.25) is 5.75 Å². The lowest BCUT2D eigenvalue weighted by atomic mass is 9.95. The fourth-order valence-electron chi connectivity index (χ4n) is 5.91. The molecule has 5 aromatic rings. The van der Waals surface area contributed by atoms with E-state index in [-0.39, 0.29) is 51.9 Å². The monoisotopic (exact) mass is 754 g/mol. The minimum Gasteiger partial charge on any atom is -0.493 e. The minimum absolute atomic E-state index is 0.00693. The second kappa shape index (κ2) is 16.5. The highest BCUT2D eigenvalue weighted by Crippen LogP contribution is 2.45. The van der Waals surface area contributed by atoms with Gasteiger partial charge in [-0.15, -0.1) is 0 Å². The highest BCUT2D eigenvalue weighted by atomic mass is 16.6. The van der Waals surface area contributed by atoms with Crippen LogP contribution in [0.5, 0.6) is 28.7 Å². The van der Waals surface area contributed by atoms with Gasteiger partial charge in [-0.2, -0.15) is 0 Å². The van der Waals surface area contributed by atoms with Gasteiger partial charge in [-0.25, -0.2) is 14.4 Å². The SMILES string of the molecule is COC(=O)c1cccc(COc2cc3c(=O)n(-c4ccc(NC(=O)OC(C)(C)C)cc4)c(C(=O)OC)c(-c4cc(OC)c(OC)c(OC)c4)c3cc2OC)c1. The minimum atomic E-state index is -0.830. The molecule has 0 aliphatic carbocycles. The van der Waals surface area contributed by atoms with Crippen molar-refractivity contribution >= 4 is 34.5 Å². The quantitative estimate of drug-likeness (QED) is 0.101. The van der Waals surface area contributed by atoms with Crippen molar-refractivity contribution in [3.63, 3.8) is 0 Å². The third-order valence-corrected chi connectivity index (χ3v) is 8.31. The number of amides is 1. The summed E-state index contributed by atoms with van der Waals surface area (Å²) in [6.45, 7) is 5.25. The number of aromatic nitrogens is 1. The van der Waals surface area contributed by atoms with E-state index in [2.05, 4.69) is 5.32 Å². The molecule has 0 radical (unpaired) electrons. The number of fused-ring (bicyclic) bond motifs is 1. The summed E-state index contributed by atoms with van der Waals surface area (Å²) < 4.78 is 45.6. The summed E-state index contributed by atoms with van der Waals surface area (Å²) in [4.78, 5) is 53.3. The summed E-state index contributed by atoms with van der Waals surface area (Å²) >= 11 is 0. The Kier molecular flexibility index (Phi) is 11.9. The van der Waals surface area contributed by atoms with Crippen LogP contribution in [0.2, 0.25) is 0 Å². The summed E-state index contributed by atoms with van der Waals surface area (Å²) in [5, 5.41) is 3.13. The Morgan fingerprint density at radius 3 is 1.87 bits per heavy atom. The Hall–Kier alpha value is -6.70. The van der Waals surface area contributed by atoms with Gasteiger partial charge in [0, 0.05) is 22.3 Å². The van der Waals surface area contributed by atoms with Crippen LogP contribution in [0.4, 0.5) is 10.5 Å². The maximum absolute atomic E-state index is 14.7. The Labute approximate surface area is 317 Å². The van der Waals surface area contributed by atoms with Crippen molar-refractivity contribution in [2.24, 2.45) is 0 Å². The summed E-state index contributed by atoms with van der Waals surface area (Å²) in [7, 11) is 8.34. The van der Waals surface area contributed by atoms with Gasteiger partial charge in [-0.1, -0.05) is 12.1 Å². The number of pyridine rings is 1. The molecule has 14 heteroatoms. The molecule has 0 unspecified atom stereocenters. The number of methoxy groups -OCH3 is 6. The second-order valence-corrected chi connectivity index (χ2v) is 13.0. The normalized spacial score (nSPS) is 11.0. The Morgan fingerprint density at radius 1 is 0.691 bits per heavy atom. The van der Waals surface area contributed by atoms with Crippen molar-refractivity contribution in [1.29, 1.82) is 0 Å². The molecule has 0 saturated heterocycles. The first kappa shape index (κ1) is 39.5. The van der Waals surface area contributed by atoms with Crippen molar-refractivity contribution in [2.45, 2.75) is 33.0 Å². The molecule has 1 N–H and O–H groups in total. The molecule has 14 nitrogen and oxygen atoms in total. The molecule has 288 valence electrons. The predicted molar refractivity (Wildman–Crippen MR) is 204 cm³/mol. The third-order valence-electron chi connectivity index (χ3n) is 8.31. The molecule has 5 rings (SSSR count). The summed E-state index contributed by atoms with van der Waals surface area (Å²) in [6, 6.07) is 19.4. The third kappa shape index (κ3) is 8.43. The van der Waals surface area contributed by atoms with Crippen molar-refractivity contribution in [1.82, 2.24) is 4.57 Å². The number of ether oxygens (including phenoxy) is 8. The van der Waals surface area contributed by atoms with E-state index in [4.69, 9.17) is 37.9 Å². The molecule has 0 saturated carbocycles. The van der Waals surface area contributed by atoms with Gasteiger partial charge in [0.15, 0.2) is 23.0 Å². The number of carbonyl (C=O) groups is 3. The lowest BCUT2D eigenvalue weighted by Crippen LogP contribution is -2.27. The number of nitrogens with zero attached hydrogens (tertiary/aromatic N) is 1. The topological polar surface area (TPSA) is 159 Å². The number of benzene rings is 4. The molecular formula is C41H42N2O12. The molecule has 4 aromatic carbocycles. The molecule has 0 spiro atoms. The van der Waals surface area contributed by atoms with Gasteiger partial charge in [0.25, 0.3) is 5.56 Å². The van der Waals surface area contributed by atoms with Crippen LogP contribution in [0.25, 0.3) is 27.6 Å². The van der Waals surface area contributed by atoms with Gasteiger partial charge < -0.3 is 37.9 Å². The van der Waals surface area contributed by atoms with E-state index >= 15 is 0 Å². The van der Waals surface area contributed by atoms with Crippen molar-refractivity contribution in [3.8, 4) is 45.6 Å². The van der Waals surface area contributed by atoms with Crippen molar-refractivity contribution in [2.75, 3.05) is 48.0 Å². The van der Waals surface area contributed by atoms with Crippen LogP contribution < -0.4 is 34.6 Å². The van der Waals surface area contributed by atoms with Crippen LogP contribution in [-0.2, 0) is 20.8 Å². The fraction of sp³-hybridized carbons (Fsp3) is 0.268. The average molecular weight is 755 g/mol. The molecule has 0 aliphatic heterocycles. The largest absolute Gasteiger partial charge is 0.493 e. The number of rotatable bonds is 12. The molecule has 1 amide bonds. The molecule has 0 aliphatic rings. The highest BCUT2D eigenvalue weighted by Gasteiger charge is 2.28. The van der Waals surface area contributed by atoms with Gasteiger partial charge in [0.05, 0.1) is 53.6 Å². The Bertz CT molecular complexity index is 2280. The zero-order valence-electron chi connectivity index (χ0n) is 32.0. The van der Waals surface area contributed by atoms with Crippen LogP contribution in [0.3, 0.4) is 0 Å². The maximum atomic E-state index is 14.7. The standard InChI is InChI=1S/C41H42N2O12/c1-41(2,3)55-40(47)42-26-13-15-27(16-14-26)43-35(39(46)53-9)34(25-18-32(49-5)36(51-7)33(19-25)50-6)28-20-30(48-4)31(21-29(28)37(43)44)54-22-23-11-10-12-24(17-23)38(45)52-8/h10-21H,22H2,1-9H3,(H,42,47). The van der Waals surface area contributed by atoms with Gasteiger partial charge in [0.1, 0.15) is 17.9 Å². The maximum Gasteiger partial charge on any atom is 0.412 e. The smallest absolute Gasteiger partial charge is 0.412 e. The number of esters is 2. The molecule has 1 heterocycles. The van der Waals surface area contributed by atoms with E-state index in [0.717, 1.165) is 0 Å². The van der Waals surface area contributed by atoms with Crippen LogP contribution in [0.15, 0.2) is 77.6 Å². The fourth-order valence-corrected chi connectivity index (χ4v) is 5.91. The number of anilines is 1. The van der Waals surface area contributed by atoms with Gasteiger partial charge in [-0.05, 0) is 92.6 Å². The molecular weight excluding hydrogens is 712 g/mol. The van der Waals surface area contributed by atoms with Crippen molar-refractivity contribution < 1.29 is 52.3 Å². The predicted octanol–water partition coefficient (Wildman–Crippen LogP) is 7.19. The molecule has 55 heavy (non-hydrogen) atoms. The van der Waals surface area contributed by atoms with E-state index in [0.29, 0.717) is 33.5 Å². The van der Waals surface area contributed by atoms with E-state index in [1.54, 1.807) is 87.5 Å². The molecule has 0 bridgehead atoms. The lowest BCUT2D eigenvalue weighted by Gasteiger charge is -2.22. The van der Waals surface area contributed by atoms with Crippen LogP contribution in [0.1, 0.15) is 47.2 Å². The van der Waals surface area contributed by atoms with Crippen LogP contribution in [-0.4, -0.2) is 70.9 Å². The molecule has 0 atom stereocenters. The second-order valence-electron chi connectivity index (χ2n) is 13.0. The first-order chi connectivity index (χ1) is 26.3. The first-order valence-corrected chi connectivity index (χ1v) is 16.9. The van der Waals surface area contributed by atoms with Gasteiger partial charge in [-0.3, -0.25) is 14.7 Å². The van der Waals surface area contributed by atoms with E-state index in [9.17, 15) is 19.2 Å². The van der Waals surface area contributed by atoms with E-state index < -0.39 is 29.2 Å². The zero-order chi connectivity index (χ0) is 40.0. The van der Waals surface area contributed by atoms with Crippen LogP contribution >= 0.6 is 0 Å². The average Bonchev–Trinajstić information content (AvgIpc) is 3.18. The summed E-state index contributed by atoms with van der Waals surface area (Å²) in [5.74, 6) is 0.0122. The first-order valence-electron chi connectivity index (χ1n) is 16.9. The summed E-state index contributed by atoms with van der Waals surface area (Å²) in [5.41, 5.74) is 0.883. The van der Waals surface area contributed by atoms with E-state index in [1.165, 1.54) is 53.3 Å². The van der Waals surface area contributed by atoms with Crippen LogP contribution in [0, 0.1) is 0 Å². The zero-order valence-corrected chi connectivity index (χ0v) is 32.0. The summed E-state index contributed by atoms with van der Waals surface area (Å²) in [6.07, 6.45) is -0.665. The lowest BCUT2D eigenvalue weighted by molar-refractivity contribution is 0.0586. The Balaban J connectivity index is 1.79. The number of carbonyl (C=O) groups excluding carboxylic acids is 3. The Morgan fingerprint density at radius 2 is 1.31 bits per heavy atom.